The molecule has 1 saturated carbocycles. The van der Waals surface area contributed by atoms with Crippen LogP contribution in [-0.2, 0) is 4.79 Å². The number of carbonyl (C=O) groups excluding carboxylic acids is 2. The Bertz CT molecular complexity index is 643. The van der Waals surface area contributed by atoms with E-state index in [1.165, 1.54) is 6.42 Å². The summed E-state index contributed by atoms with van der Waals surface area (Å²) in [6.07, 6.45) is 4.34. The Balaban J connectivity index is 1.49. The van der Waals surface area contributed by atoms with Gasteiger partial charge >= 0.3 is 0 Å². The van der Waals surface area contributed by atoms with Crippen molar-refractivity contribution in [3.8, 4) is 0 Å². The predicted molar refractivity (Wildman–Crippen MR) is 103 cm³/mol. The average Bonchev–Trinajstić information content (AvgIpc) is 2.58. The summed E-state index contributed by atoms with van der Waals surface area (Å²) in [5.74, 6) is 0.123. The second-order valence-electron chi connectivity index (χ2n) is 8.87. The van der Waals surface area contributed by atoms with Crippen molar-refractivity contribution in [1.82, 2.24) is 15.5 Å². The maximum absolute atomic E-state index is 12.4. The molecule has 26 heavy (non-hydrogen) atoms. The van der Waals surface area contributed by atoms with E-state index in [4.69, 9.17) is 0 Å². The van der Waals surface area contributed by atoms with Gasteiger partial charge in [0.25, 0.3) is 5.91 Å². The molecule has 1 unspecified atom stereocenters. The fourth-order valence-electron chi connectivity index (χ4n) is 4.17. The molecule has 5 heteroatoms. The molecule has 1 aliphatic heterocycles. The Morgan fingerprint density at radius 3 is 2.31 bits per heavy atom. The van der Waals surface area contributed by atoms with Gasteiger partial charge in [0.05, 0.1) is 6.54 Å². The summed E-state index contributed by atoms with van der Waals surface area (Å²) < 4.78 is 0. The highest BCUT2D eigenvalue weighted by Gasteiger charge is 2.48. The normalized spacial score (nSPS) is 22.5. The van der Waals surface area contributed by atoms with Gasteiger partial charge in [0.15, 0.2) is 0 Å². The van der Waals surface area contributed by atoms with Crippen molar-refractivity contribution in [3.05, 3.63) is 35.9 Å². The summed E-state index contributed by atoms with van der Waals surface area (Å²) in [7, 11) is 0. The smallest absolute Gasteiger partial charge is 0.251 e. The van der Waals surface area contributed by atoms with E-state index in [1.807, 2.05) is 51.1 Å². The molecule has 142 valence electrons. The van der Waals surface area contributed by atoms with E-state index in [0.29, 0.717) is 6.54 Å². The van der Waals surface area contributed by atoms with Crippen molar-refractivity contribution < 1.29 is 9.59 Å². The third-order valence-corrected chi connectivity index (χ3v) is 5.74. The molecule has 2 aliphatic rings. The average molecular weight is 357 g/mol. The molecule has 0 aromatic heterocycles. The third-order valence-electron chi connectivity index (χ3n) is 5.74. The van der Waals surface area contributed by atoms with Gasteiger partial charge in [-0.25, -0.2) is 0 Å². The number of nitrogens with zero attached hydrogens (tertiary/aromatic N) is 1. The lowest BCUT2D eigenvalue weighted by Gasteiger charge is -2.54. The first kappa shape index (κ1) is 18.9. The minimum absolute atomic E-state index is 0.0293. The number of amides is 2. The van der Waals surface area contributed by atoms with Crippen LogP contribution in [0, 0.1) is 5.41 Å². The second kappa shape index (κ2) is 7.39. The predicted octanol–water partition coefficient (Wildman–Crippen LogP) is 2.58. The van der Waals surface area contributed by atoms with Crippen molar-refractivity contribution in [1.29, 1.82) is 0 Å². The number of benzene rings is 1. The Kier molecular flexibility index (Phi) is 5.37. The van der Waals surface area contributed by atoms with Gasteiger partial charge in [0, 0.05) is 17.1 Å². The van der Waals surface area contributed by atoms with Gasteiger partial charge in [0.2, 0.25) is 5.91 Å². The van der Waals surface area contributed by atoms with Crippen LogP contribution in [0.4, 0.5) is 0 Å². The molecule has 3 rings (SSSR count). The van der Waals surface area contributed by atoms with Crippen LogP contribution < -0.4 is 10.6 Å². The highest BCUT2D eigenvalue weighted by molar-refractivity contribution is 5.94. The topological polar surface area (TPSA) is 61.4 Å². The SMILES string of the molecule is CC(C)(C)NC(=O)CN1CCC2(CCC2NC(=O)c2ccccc2)CC1. The maximum Gasteiger partial charge on any atom is 0.251 e. The van der Waals surface area contributed by atoms with E-state index in [0.717, 1.165) is 37.9 Å². The Labute approximate surface area is 156 Å². The van der Waals surface area contributed by atoms with Gasteiger partial charge in [0.1, 0.15) is 0 Å². The molecule has 2 amide bonds. The number of nitrogens with one attached hydrogen (secondary N) is 2. The first-order chi connectivity index (χ1) is 12.3. The number of piperidine rings is 1. The molecule has 0 radical (unpaired) electrons. The van der Waals surface area contributed by atoms with Gasteiger partial charge in [-0.15, -0.1) is 0 Å². The third kappa shape index (κ3) is 4.44. The van der Waals surface area contributed by atoms with Crippen molar-refractivity contribution in [2.75, 3.05) is 19.6 Å². The molecule has 1 aromatic carbocycles. The number of hydrogen-bond acceptors (Lipinski definition) is 3. The lowest BCUT2D eigenvalue weighted by atomic mass is 9.59. The first-order valence-electron chi connectivity index (χ1n) is 9.67. The molecule has 1 aromatic rings. The van der Waals surface area contributed by atoms with Gasteiger partial charge in [-0.3, -0.25) is 14.5 Å². The highest BCUT2D eigenvalue weighted by Crippen LogP contribution is 2.49. The zero-order valence-corrected chi connectivity index (χ0v) is 16.2. The van der Waals surface area contributed by atoms with Crippen molar-refractivity contribution in [3.63, 3.8) is 0 Å². The summed E-state index contributed by atoms with van der Waals surface area (Å²) in [5.41, 5.74) is 0.766. The fourth-order valence-corrected chi connectivity index (χ4v) is 4.17. The van der Waals surface area contributed by atoms with Crippen LogP contribution in [0.1, 0.15) is 56.8 Å². The molecule has 1 aliphatic carbocycles. The number of likely N-dealkylation sites (tertiary alicyclic amines) is 1. The van der Waals surface area contributed by atoms with Crippen LogP contribution in [0.25, 0.3) is 0 Å². The zero-order chi connectivity index (χ0) is 18.8. The molecule has 1 atom stereocenters. The van der Waals surface area contributed by atoms with E-state index in [1.54, 1.807) is 0 Å². The highest BCUT2D eigenvalue weighted by atomic mass is 16.2. The molecule has 5 nitrogen and oxygen atoms in total. The van der Waals surface area contributed by atoms with E-state index < -0.39 is 0 Å². The number of hydrogen-bond donors (Lipinski definition) is 2. The maximum atomic E-state index is 12.4. The Morgan fingerprint density at radius 1 is 1.12 bits per heavy atom. The summed E-state index contributed by atoms with van der Waals surface area (Å²) in [5, 5.41) is 6.27. The molecular formula is C21H31N3O2. The molecule has 2 fully saturated rings. The minimum atomic E-state index is -0.186. The molecule has 1 saturated heterocycles. The van der Waals surface area contributed by atoms with Crippen LogP contribution in [0.3, 0.4) is 0 Å². The lowest BCUT2D eigenvalue weighted by Crippen LogP contribution is -2.59. The van der Waals surface area contributed by atoms with Gasteiger partial charge < -0.3 is 10.6 Å². The summed E-state index contributed by atoms with van der Waals surface area (Å²) in [6.45, 7) is 8.33. The monoisotopic (exact) mass is 357 g/mol. The number of carbonyl (C=O) groups is 2. The first-order valence-corrected chi connectivity index (χ1v) is 9.67. The molecule has 1 spiro atoms. The van der Waals surface area contributed by atoms with Crippen LogP contribution in [0.15, 0.2) is 30.3 Å². The summed E-state index contributed by atoms with van der Waals surface area (Å²) in [4.78, 5) is 26.8. The van der Waals surface area contributed by atoms with Crippen LogP contribution >= 0.6 is 0 Å². The van der Waals surface area contributed by atoms with Gasteiger partial charge in [-0.1, -0.05) is 18.2 Å². The van der Waals surface area contributed by atoms with Crippen LogP contribution in [-0.4, -0.2) is 47.9 Å². The van der Waals surface area contributed by atoms with E-state index in [-0.39, 0.29) is 28.8 Å². The Hall–Kier alpha value is -1.88. The summed E-state index contributed by atoms with van der Waals surface area (Å²) in [6, 6.07) is 9.70. The largest absolute Gasteiger partial charge is 0.350 e. The number of rotatable bonds is 4. The van der Waals surface area contributed by atoms with Crippen molar-refractivity contribution >= 4 is 11.8 Å². The molecule has 0 bridgehead atoms. The van der Waals surface area contributed by atoms with E-state index >= 15 is 0 Å². The van der Waals surface area contributed by atoms with Gasteiger partial charge in [-0.2, -0.15) is 0 Å². The van der Waals surface area contributed by atoms with E-state index in [9.17, 15) is 9.59 Å². The zero-order valence-electron chi connectivity index (χ0n) is 16.2. The molecule has 1 heterocycles. The van der Waals surface area contributed by atoms with Crippen LogP contribution in [0.2, 0.25) is 0 Å². The molecule has 2 N–H and O–H groups in total. The van der Waals surface area contributed by atoms with Crippen molar-refractivity contribution in [2.45, 2.75) is 58.0 Å². The Morgan fingerprint density at radius 2 is 1.77 bits per heavy atom. The standard InChI is InChI=1S/C21H31N3O2/c1-20(2,3)23-18(25)15-24-13-11-21(12-14-24)10-9-17(21)22-19(26)16-7-5-4-6-8-16/h4-8,17H,9-15H2,1-3H3,(H,22,26)(H,23,25). The van der Waals surface area contributed by atoms with Crippen LogP contribution in [0.5, 0.6) is 0 Å². The molecular weight excluding hydrogens is 326 g/mol. The fraction of sp³-hybridized carbons (Fsp3) is 0.619. The quantitative estimate of drug-likeness (QED) is 0.871. The second-order valence-corrected chi connectivity index (χ2v) is 8.87. The van der Waals surface area contributed by atoms with E-state index in [2.05, 4.69) is 15.5 Å². The van der Waals surface area contributed by atoms with Gasteiger partial charge in [-0.05, 0) is 77.1 Å². The minimum Gasteiger partial charge on any atom is -0.350 e. The van der Waals surface area contributed by atoms with Crippen molar-refractivity contribution in [2.24, 2.45) is 5.41 Å². The lowest BCUT2D eigenvalue weighted by molar-refractivity contribution is -0.124. The summed E-state index contributed by atoms with van der Waals surface area (Å²) >= 11 is 0.